The molecular weight excluding hydrogens is 299 g/mol. The Hall–Kier alpha value is -2.38. The summed E-state index contributed by atoms with van der Waals surface area (Å²) in [6.45, 7) is 0.153. The molecule has 0 bridgehead atoms. The van der Waals surface area contributed by atoms with Crippen molar-refractivity contribution < 1.29 is 22.6 Å². The molecule has 1 heterocycles. The van der Waals surface area contributed by atoms with Crippen LogP contribution in [-0.2, 0) is 19.8 Å². The lowest BCUT2D eigenvalue weighted by Gasteiger charge is -2.09. The first-order valence-corrected chi connectivity index (χ1v) is 6.40. The molecule has 0 fully saturated rings. The first-order valence-electron chi connectivity index (χ1n) is 6.40. The number of aromatic nitrogens is 2. The number of hydrogen-bond donors (Lipinski definition) is 1. The summed E-state index contributed by atoms with van der Waals surface area (Å²) >= 11 is 0. The summed E-state index contributed by atoms with van der Waals surface area (Å²) in [4.78, 5) is 0. The van der Waals surface area contributed by atoms with Gasteiger partial charge in [-0.3, -0.25) is 4.68 Å². The van der Waals surface area contributed by atoms with Crippen LogP contribution >= 0.6 is 0 Å². The SMILES string of the molecule is COc1cc(NCc2cc(C(F)(F)F)n(C)n2)cc(OC)c1. The maximum absolute atomic E-state index is 12.7. The van der Waals surface area contributed by atoms with E-state index in [0.717, 1.165) is 10.7 Å². The van der Waals surface area contributed by atoms with E-state index < -0.39 is 11.9 Å². The summed E-state index contributed by atoms with van der Waals surface area (Å²) in [5.74, 6) is 1.16. The minimum Gasteiger partial charge on any atom is -0.497 e. The molecule has 1 aromatic heterocycles. The van der Waals surface area contributed by atoms with Crippen molar-refractivity contribution >= 4 is 5.69 Å². The van der Waals surface area contributed by atoms with Gasteiger partial charge in [-0.05, 0) is 6.07 Å². The Bertz CT molecular complexity index is 631. The molecule has 0 amide bonds. The molecule has 120 valence electrons. The number of anilines is 1. The highest BCUT2D eigenvalue weighted by molar-refractivity contribution is 5.53. The van der Waals surface area contributed by atoms with Gasteiger partial charge in [0.15, 0.2) is 0 Å². The number of ether oxygens (including phenoxy) is 2. The Labute approximate surface area is 125 Å². The van der Waals surface area contributed by atoms with E-state index in [4.69, 9.17) is 9.47 Å². The van der Waals surface area contributed by atoms with Gasteiger partial charge < -0.3 is 14.8 Å². The molecule has 22 heavy (non-hydrogen) atoms. The van der Waals surface area contributed by atoms with Crippen LogP contribution in [0.5, 0.6) is 11.5 Å². The number of nitrogens with zero attached hydrogens (tertiary/aromatic N) is 2. The molecule has 0 spiro atoms. The Kier molecular flexibility index (Phi) is 4.48. The van der Waals surface area contributed by atoms with Crippen LogP contribution < -0.4 is 14.8 Å². The largest absolute Gasteiger partial charge is 0.497 e. The van der Waals surface area contributed by atoms with E-state index in [1.54, 1.807) is 18.2 Å². The van der Waals surface area contributed by atoms with Crippen molar-refractivity contribution in [2.45, 2.75) is 12.7 Å². The summed E-state index contributed by atoms with van der Waals surface area (Å²) in [5.41, 5.74) is 0.166. The van der Waals surface area contributed by atoms with Crippen LogP contribution in [0, 0.1) is 0 Å². The van der Waals surface area contributed by atoms with E-state index >= 15 is 0 Å². The molecule has 0 saturated heterocycles. The molecule has 1 aromatic carbocycles. The lowest BCUT2D eigenvalue weighted by molar-refractivity contribution is -0.143. The molecule has 0 aliphatic rings. The lowest BCUT2D eigenvalue weighted by atomic mass is 10.2. The monoisotopic (exact) mass is 315 g/mol. The van der Waals surface area contributed by atoms with Gasteiger partial charge in [0.25, 0.3) is 0 Å². The Morgan fingerprint density at radius 1 is 1.09 bits per heavy atom. The molecule has 0 aliphatic carbocycles. The summed E-state index contributed by atoms with van der Waals surface area (Å²) in [6, 6.07) is 6.16. The van der Waals surface area contributed by atoms with Crippen molar-refractivity contribution in [1.82, 2.24) is 9.78 Å². The first-order chi connectivity index (χ1) is 10.3. The van der Waals surface area contributed by atoms with E-state index in [9.17, 15) is 13.2 Å². The Balaban J connectivity index is 2.13. The van der Waals surface area contributed by atoms with E-state index in [2.05, 4.69) is 10.4 Å². The third-order valence-electron chi connectivity index (χ3n) is 3.05. The summed E-state index contributed by atoms with van der Waals surface area (Å²) in [6.07, 6.45) is -4.42. The third kappa shape index (κ3) is 3.63. The number of rotatable bonds is 5. The summed E-state index contributed by atoms with van der Waals surface area (Å²) < 4.78 is 49.2. The smallest absolute Gasteiger partial charge is 0.433 e. The zero-order chi connectivity index (χ0) is 16.3. The van der Waals surface area contributed by atoms with Gasteiger partial charge in [0.1, 0.15) is 17.2 Å². The van der Waals surface area contributed by atoms with Crippen LogP contribution in [0.25, 0.3) is 0 Å². The van der Waals surface area contributed by atoms with Gasteiger partial charge in [0, 0.05) is 30.9 Å². The molecule has 2 aromatic rings. The minimum atomic E-state index is -4.42. The number of hydrogen-bond acceptors (Lipinski definition) is 4. The maximum Gasteiger partial charge on any atom is 0.433 e. The highest BCUT2D eigenvalue weighted by atomic mass is 19.4. The van der Waals surface area contributed by atoms with Crippen molar-refractivity contribution in [2.75, 3.05) is 19.5 Å². The van der Waals surface area contributed by atoms with E-state index in [0.29, 0.717) is 17.2 Å². The molecule has 5 nitrogen and oxygen atoms in total. The fourth-order valence-corrected chi connectivity index (χ4v) is 1.98. The van der Waals surface area contributed by atoms with E-state index in [1.807, 2.05) is 0 Å². The molecule has 2 rings (SSSR count). The average Bonchev–Trinajstić information content (AvgIpc) is 2.86. The van der Waals surface area contributed by atoms with Crippen LogP contribution in [0.3, 0.4) is 0 Å². The highest BCUT2D eigenvalue weighted by Gasteiger charge is 2.34. The number of benzene rings is 1. The number of halogens is 3. The van der Waals surface area contributed by atoms with Gasteiger partial charge in [-0.1, -0.05) is 0 Å². The van der Waals surface area contributed by atoms with Crippen LogP contribution in [0.15, 0.2) is 24.3 Å². The van der Waals surface area contributed by atoms with Crippen molar-refractivity contribution in [2.24, 2.45) is 7.05 Å². The predicted molar refractivity (Wildman–Crippen MR) is 75.1 cm³/mol. The number of alkyl halides is 3. The van der Waals surface area contributed by atoms with E-state index in [1.165, 1.54) is 21.3 Å². The van der Waals surface area contributed by atoms with Crippen molar-refractivity contribution in [3.63, 3.8) is 0 Å². The lowest BCUT2D eigenvalue weighted by Crippen LogP contribution is -2.11. The van der Waals surface area contributed by atoms with Gasteiger partial charge in [0.05, 0.1) is 26.5 Å². The number of aryl methyl sites for hydroxylation is 1. The van der Waals surface area contributed by atoms with Gasteiger partial charge in [-0.25, -0.2) is 0 Å². The fraction of sp³-hybridized carbons (Fsp3) is 0.357. The second-order valence-corrected chi connectivity index (χ2v) is 4.60. The Morgan fingerprint density at radius 2 is 1.68 bits per heavy atom. The molecule has 0 aliphatic heterocycles. The summed E-state index contributed by atoms with van der Waals surface area (Å²) in [5, 5.41) is 6.85. The Morgan fingerprint density at radius 3 is 2.14 bits per heavy atom. The van der Waals surface area contributed by atoms with Gasteiger partial charge in [-0.15, -0.1) is 0 Å². The zero-order valence-electron chi connectivity index (χ0n) is 12.4. The summed E-state index contributed by atoms with van der Waals surface area (Å²) in [7, 11) is 4.31. The van der Waals surface area contributed by atoms with Crippen molar-refractivity contribution in [3.05, 3.63) is 35.7 Å². The third-order valence-corrected chi connectivity index (χ3v) is 3.05. The normalized spacial score (nSPS) is 11.4. The topological polar surface area (TPSA) is 48.3 Å². The van der Waals surface area contributed by atoms with Crippen LogP contribution in [0.1, 0.15) is 11.4 Å². The second-order valence-electron chi connectivity index (χ2n) is 4.60. The highest BCUT2D eigenvalue weighted by Crippen LogP contribution is 2.30. The molecule has 0 saturated carbocycles. The van der Waals surface area contributed by atoms with E-state index in [-0.39, 0.29) is 12.2 Å². The quantitative estimate of drug-likeness (QED) is 0.921. The van der Waals surface area contributed by atoms with Crippen LogP contribution in [-0.4, -0.2) is 24.0 Å². The molecule has 0 radical (unpaired) electrons. The van der Waals surface area contributed by atoms with Crippen LogP contribution in [0.2, 0.25) is 0 Å². The fourth-order valence-electron chi connectivity index (χ4n) is 1.98. The molecule has 1 N–H and O–H groups in total. The van der Waals surface area contributed by atoms with Crippen molar-refractivity contribution in [3.8, 4) is 11.5 Å². The van der Waals surface area contributed by atoms with Gasteiger partial charge in [-0.2, -0.15) is 18.3 Å². The molecule has 0 atom stereocenters. The standard InChI is InChI=1S/C14H16F3N3O2/c1-20-13(14(15,16)17)6-10(19-20)8-18-9-4-11(21-2)7-12(5-9)22-3/h4-7,18H,8H2,1-3H3. The predicted octanol–water partition coefficient (Wildman–Crippen LogP) is 3.07. The number of nitrogens with one attached hydrogen (secondary N) is 1. The first kappa shape index (κ1) is 16.0. The number of methoxy groups -OCH3 is 2. The van der Waals surface area contributed by atoms with Crippen molar-refractivity contribution in [1.29, 1.82) is 0 Å². The van der Waals surface area contributed by atoms with Gasteiger partial charge in [0.2, 0.25) is 0 Å². The molecule has 8 heteroatoms. The second kappa shape index (κ2) is 6.17. The average molecular weight is 315 g/mol. The molecular formula is C14H16F3N3O2. The maximum atomic E-state index is 12.7. The van der Waals surface area contributed by atoms with Crippen LogP contribution in [0.4, 0.5) is 18.9 Å². The minimum absolute atomic E-state index is 0.153. The van der Waals surface area contributed by atoms with Gasteiger partial charge >= 0.3 is 6.18 Å². The molecule has 0 unspecified atom stereocenters. The zero-order valence-corrected chi connectivity index (χ0v) is 12.4.